The number of benzene rings is 1. The zero-order valence-electron chi connectivity index (χ0n) is 11.1. The summed E-state index contributed by atoms with van der Waals surface area (Å²) in [4.78, 5) is 14.6. The highest BCUT2D eigenvalue weighted by Gasteiger charge is 2.29. The molecule has 1 saturated carbocycles. The van der Waals surface area contributed by atoms with Crippen molar-refractivity contribution >= 4 is 27.3 Å². The van der Waals surface area contributed by atoms with Crippen molar-refractivity contribution in [3.63, 3.8) is 0 Å². The van der Waals surface area contributed by atoms with Crippen LogP contribution in [0.15, 0.2) is 18.2 Å². The fraction of sp³-hybridized carbons (Fsp3) is 0.357. The van der Waals surface area contributed by atoms with Crippen molar-refractivity contribution in [2.24, 2.45) is 5.84 Å². The van der Waals surface area contributed by atoms with E-state index in [0.29, 0.717) is 22.8 Å². The molecule has 0 saturated heterocycles. The first-order valence-corrected chi connectivity index (χ1v) is 7.34. The van der Waals surface area contributed by atoms with E-state index in [1.54, 1.807) is 6.07 Å². The number of carbonyl (C=O) groups excluding carboxylic acids is 1. The number of nitrogens with two attached hydrogens (primary N) is 1. The van der Waals surface area contributed by atoms with Crippen molar-refractivity contribution in [2.45, 2.75) is 25.4 Å². The summed E-state index contributed by atoms with van der Waals surface area (Å²) in [6, 6.07) is 5.47. The number of nitrogens with zero attached hydrogens (tertiary/aromatic N) is 1. The Morgan fingerprint density at radius 3 is 2.95 bits per heavy atom. The number of nitrogen functional groups attached to an aromatic ring is 1. The van der Waals surface area contributed by atoms with E-state index in [0.717, 1.165) is 10.3 Å². The molecule has 3 rings (SSSR count). The van der Waals surface area contributed by atoms with Gasteiger partial charge in [0.15, 0.2) is 0 Å². The molecule has 1 aromatic heterocycles. The third-order valence-corrected chi connectivity index (χ3v) is 4.87. The molecule has 1 heterocycles. The molecule has 1 aliphatic carbocycles. The molecule has 0 bridgehead atoms. The normalized spacial score (nSPS) is 15.0. The summed E-state index contributed by atoms with van der Waals surface area (Å²) in [5.74, 6) is 4.60. The number of hydrogen-bond acceptors (Lipinski definition) is 4. The average molecular weight is 293 g/mol. The summed E-state index contributed by atoms with van der Waals surface area (Å²) >= 11 is 1.29. The number of amides is 1. The Bertz CT molecular complexity index is 666. The number of nitrogens with one attached hydrogen (secondary N) is 1. The van der Waals surface area contributed by atoms with Crippen molar-refractivity contribution in [2.75, 3.05) is 7.05 Å². The minimum absolute atomic E-state index is 0.283. The van der Waals surface area contributed by atoms with Gasteiger partial charge in [-0.05, 0) is 32.0 Å². The Morgan fingerprint density at radius 2 is 2.30 bits per heavy atom. The van der Waals surface area contributed by atoms with E-state index >= 15 is 0 Å². The molecule has 0 atom stereocenters. The molecule has 1 fully saturated rings. The topological polar surface area (TPSA) is 58.4 Å². The standard InChI is InChI=1S/C14H16FN3OS/c1-18(8-5-6-8)7-9-12-10(15)3-2-4-11(12)20-13(9)14(19)17-16/h2-4,8H,5-7,16H2,1H3,(H,17,19). The van der Waals surface area contributed by atoms with Gasteiger partial charge in [0, 0.05) is 28.2 Å². The van der Waals surface area contributed by atoms with Gasteiger partial charge in [0.25, 0.3) is 5.91 Å². The van der Waals surface area contributed by atoms with E-state index in [1.807, 2.05) is 13.1 Å². The largest absolute Gasteiger partial charge is 0.299 e. The van der Waals surface area contributed by atoms with Crippen molar-refractivity contribution < 1.29 is 9.18 Å². The van der Waals surface area contributed by atoms with Crippen LogP contribution < -0.4 is 11.3 Å². The number of thiophene rings is 1. The van der Waals surface area contributed by atoms with Crippen molar-refractivity contribution in [1.29, 1.82) is 0 Å². The molecule has 2 aromatic rings. The molecule has 1 amide bonds. The van der Waals surface area contributed by atoms with Crippen LogP contribution in [0.2, 0.25) is 0 Å². The lowest BCUT2D eigenvalue weighted by Crippen LogP contribution is -2.31. The van der Waals surface area contributed by atoms with Gasteiger partial charge in [-0.3, -0.25) is 15.1 Å². The molecule has 0 aliphatic heterocycles. The maximum absolute atomic E-state index is 14.1. The molecule has 3 N–H and O–H groups in total. The lowest BCUT2D eigenvalue weighted by atomic mass is 10.1. The predicted molar refractivity (Wildman–Crippen MR) is 77.9 cm³/mol. The van der Waals surface area contributed by atoms with Gasteiger partial charge in [0.05, 0.1) is 4.88 Å². The first-order valence-electron chi connectivity index (χ1n) is 6.53. The first kappa shape index (κ1) is 13.5. The maximum Gasteiger partial charge on any atom is 0.275 e. The number of rotatable bonds is 4. The van der Waals surface area contributed by atoms with Crippen LogP contribution in [0.25, 0.3) is 10.1 Å². The van der Waals surface area contributed by atoms with Gasteiger partial charge in [-0.15, -0.1) is 11.3 Å². The number of hydrogen-bond donors (Lipinski definition) is 2. The van der Waals surface area contributed by atoms with Crippen molar-refractivity contribution in [1.82, 2.24) is 10.3 Å². The zero-order valence-corrected chi connectivity index (χ0v) is 12.0. The minimum Gasteiger partial charge on any atom is -0.299 e. The molecule has 6 heteroatoms. The van der Waals surface area contributed by atoms with Gasteiger partial charge in [-0.25, -0.2) is 10.2 Å². The van der Waals surface area contributed by atoms with Gasteiger partial charge in [-0.1, -0.05) is 6.07 Å². The van der Waals surface area contributed by atoms with E-state index in [-0.39, 0.29) is 11.7 Å². The molecule has 0 unspecified atom stereocenters. The Hall–Kier alpha value is -1.50. The van der Waals surface area contributed by atoms with Gasteiger partial charge < -0.3 is 0 Å². The highest BCUT2D eigenvalue weighted by molar-refractivity contribution is 7.21. The molecule has 1 aliphatic rings. The monoisotopic (exact) mass is 293 g/mol. The number of hydrazine groups is 1. The summed E-state index contributed by atoms with van der Waals surface area (Å²) in [7, 11) is 2.01. The van der Waals surface area contributed by atoms with Gasteiger partial charge in [0.1, 0.15) is 5.82 Å². The Balaban J connectivity index is 2.11. The molecular weight excluding hydrogens is 277 g/mol. The van der Waals surface area contributed by atoms with Crippen LogP contribution in [0.1, 0.15) is 28.1 Å². The SMILES string of the molecule is CN(Cc1c(C(=O)NN)sc2cccc(F)c12)C1CC1. The highest BCUT2D eigenvalue weighted by atomic mass is 32.1. The summed E-state index contributed by atoms with van der Waals surface area (Å²) in [6.07, 6.45) is 2.33. The summed E-state index contributed by atoms with van der Waals surface area (Å²) in [5.41, 5.74) is 2.89. The molecule has 20 heavy (non-hydrogen) atoms. The van der Waals surface area contributed by atoms with Crippen LogP contribution in [0.5, 0.6) is 0 Å². The highest BCUT2D eigenvalue weighted by Crippen LogP contribution is 2.36. The maximum atomic E-state index is 14.1. The van der Waals surface area contributed by atoms with E-state index in [1.165, 1.54) is 30.2 Å². The average Bonchev–Trinajstić information content (AvgIpc) is 3.22. The second-order valence-corrected chi connectivity index (χ2v) is 6.19. The summed E-state index contributed by atoms with van der Waals surface area (Å²) in [6.45, 7) is 0.564. The van der Waals surface area contributed by atoms with E-state index in [4.69, 9.17) is 5.84 Å². The van der Waals surface area contributed by atoms with Crippen LogP contribution in [-0.4, -0.2) is 23.9 Å². The van der Waals surface area contributed by atoms with Crippen LogP contribution in [0.4, 0.5) is 4.39 Å². The van der Waals surface area contributed by atoms with Gasteiger partial charge in [-0.2, -0.15) is 0 Å². The number of fused-ring (bicyclic) bond motifs is 1. The second-order valence-electron chi connectivity index (χ2n) is 5.14. The molecule has 0 spiro atoms. The minimum atomic E-state index is -0.357. The van der Waals surface area contributed by atoms with E-state index in [2.05, 4.69) is 10.3 Å². The third kappa shape index (κ3) is 2.30. The Kier molecular flexibility index (Phi) is 3.45. The summed E-state index contributed by atoms with van der Waals surface area (Å²) in [5, 5.41) is 0.545. The summed E-state index contributed by atoms with van der Waals surface area (Å²) < 4.78 is 14.9. The third-order valence-electron chi connectivity index (χ3n) is 3.68. The quantitative estimate of drug-likeness (QED) is 0.516. The predicted octanol–water partition coefficient (Wildman–Crippen LogP) is 2.24. The number of carbonyl (C=O) groups is 1. The van der Waals surface area contributed by atoms with Crippen LogP contribution in [-0.2, 0) is 6.54 Å². The fourth-order valence-corrected chi connectivity index (χ4v) is 3.59. The van der Waals surface area contributed by atoms with Crippen molar-refractivity contribution in [3.8, 4) is 0 Å². The molecule has 0 radical (unpaired) electrons. The molecule has 4 nitrogen and oxygen atoms in total. The number of halogens is 1. The lowest BCUT2D eigenvalue weighted by Gasteiger charge is -2.16. The van der Waals surface area contributed by atoms with Gasteiger partial charge in [0.2, 0.25) is 0 Å². The molecule has 1 aromatic carbocycles. The molecular formula is C14H16FN3OS. The lowest BCUT2D eigenvalue weighted by molar-refractivity contribution is 0.0956. The van der Waals surface area contributed by atoms with E-state index < -0.39 is 0 Å². The van der Waals surface area contributed by atoms with Crippen LogP contribution >= 0.6 is 11.3 Å². The smallest absolute Gasteiger partial charge is 0.275 e. The van der Waals surface area contributed by atoms with Crippen molar-refractivity contribution in [3.05, 3.63) is 34.5 Å². The van der Waals surface area contributed by atoms with Gasteiger partial charge >= 0.3 is 0 Å². The van der Waals surface area contributed by atoms with Crippen LogP contribution in [0.3, 0.4) is 0 Å². The van der Waals surface area contributed by atoms with E-state index in [9.17, 15) is 9.18 Å². The van der Waals surface area contributed by atoms with Crippen LogP contribution in [0, 0.1) is 5.82 Å². The Morgan fingerprint density at radius 1 is 1.55 bits per heavy atom. The first-order chi connectivity index (χ1) is 9.61. The zero-order chi connectivity index (χ0) is 14.3. The second kappa shape index (κ2) is 5.12. The fourth-order valence-electron chi connectivity index (χ4n) is 2.46. The Labute approximate surface area is 120 Å². The molecule has 106 valence electrons.